The fourth-order valence-corrected chi connectivity index (χ4v) is 2.49. The monoisotopic (exact) mass is 300 g/mol. The molecule has 1 aromatic carbocycles. The highest BCUT2D eigenvalue weighted by molar-refractivity contribution is 5.83. The fraction of sp³-hybridized carbons (Fsp3) is 0.333. The Balaban J connectivity index is 1.80. The first-order valence-electron chi connectivity index (χ1n) is 7.66. The summed E-state index contributed by atoms with van der Waals surface area (Å²) < 4.78 is 16.7. The topological polar surface area (TPSA) is 55.7 Å². The second-order valence-electron chi connectivity index (χ2n) is 5.31. The number of fused-ring (bicyclic) bond motifs is 1. The van der Waals surface area contributed by atoms with Gasteiger partial charge < -0.3 is 18.7 Å². The first kappa shape index (κ1) is 14.7. The molecule has 4 heteroatoms. The van der Waals surface area contributed by atoms with Gasteiger partial charge in [0, 0.05) is 17.9 Å². The van der Waals surface area contributed by atoms with Gasteiger partial charge in [-0.25, -0.2) is 0 Å². The van der Waals surface area contributed by atoms with Gasteiger partial charge in [0.2, 0.25) is 0 Å². The summed E-state index contributed by atoms with van der Waals surface area (Å²) in [4.78, 5) is 0. The third-order valence-corrected chi connectivity index (χ3v) is 3.65. The zero-order valence-electron chi connectivity index (χ0n) is 12.7. The third-order valence-electron chi connectivity index (χ3n) is 3.65. The van der Waals surface area contributed by atoms with Crippen molar-refractivity contribution in [2.75, 3.05) is 6.79 Å². The maximum absolute atomic E-state index is 8.80. The van der Waals surface area contributed by atoms with Crippen LogP contribution >= 0.6 is 0 Å². The van der Waals surface area contributed by atoms with Crippen molar-refractivity contribution >= 4 is 11.0 Å². The van der Waals surface area contributed by atoms with Gasteiger partial charge in [-0.2, -0.15) is 0 Å². The minimum Gasteiger partial charge on any atom is -0.468 e. The molecule has 0 saturated carbocycles. The normalized spacial score (nSPS) is 11.2. The molecule has 116 valence electrons. The molecule has 3 aromatic rings. The number of aliphatic hydroxyl groups is 1. The first-order chi connectivity index (χ1) is 10.8. The van der Waals surface area contributed by atoms with Gasteiger partial charge in [0.15, 0.2) is 18.3 Å². The minimum atomic E-state index is -0.349. The van der Waals surface area contributed by atoms with E-state index in [4.69, 9.17) is 18.7 Å². The predicted molar refractivity (Wildman–Crippen MR) is 84.9 cm³/mol. The Bertz CT molecular complexity index is 738. The molecule has 22 heavy (non-hydrogen) atoms. The number of hydrogen-bond donors (Lipinski definition) is 1. The summed E-state index contributed by atoms with van der Waals surface area (Å²) in [6.45, 7) is 1.84. The van der Waals surface area contributed by atoms with Crippen LogP contribution < -0.4 is 4.74 Å². The van der Waals surface area contributed by atoms with Crippen molar-refractivity contribution in [2.24, 2.45) is 0 Å². The molecule has 0 aliphatic carbocycles. The van der Waals surface area contributed by atoms with Gasteiger partial charge in [-0.15, -0.1) is 0 Å². The van der Waals surface area contributed by atoms with Crippen molar-refractivity contribution in [1.29, 1.82) is 0 Å². The van der Waals surface area contributed by atoms with Gasteiger partial charge in [-0.1, -0.05) is 19.8 Å². The maximum Gasteiger partial charge on any atom is 0.186 e. The van der Waals surface area contributed by atoms with Gasteiger partial charge in [-0.3, -0.25) is 0 Å². The molecule has 0 amide bonds. The molecule has 2 heterocycles. The average Bonchev–Trinajstić information content (AvgIpc) is 3.13. The number of aliphatic hydroxyl groups excluding tert-OH is 1. The number of ether oxygens (including phenoxy) is 1. The Morgan fingerprint density at radius 1 is 1.00 bits per heavy atom. The van der Waals surface area contributed by atoms with E-state index in [1.807, 2.05) is 24.3 Å². The molecule has 0 fully saturated rings. The highest BCUT2D eigenvalue weighted by atomic mass is 16.6. The highest BCUT2D eigenvalue weighted by Crippen LogP contribution is 2.31. The van der Waals surface area contributed by atoms with Crippen LogP contribution in [0.4, 0.5) is 0 Å². The van der Waals surface area contributed by atoms with E-state index in [1.165, 1.54) is 12.8 Å². The Kier molecular flexibility index (Phi) is 4.49. The molecule has 4 nitrogen and oxygen atoms in total. The van der Waals surface area contributed by atoms with Gasteiger partial charge >= 0.3 is 0 Å². The molecular formula is C18H20O4. The van der Waals surface area contributed by atoms with Crippen molar-refractivity contribution in [2.45, 2.75) is 32.6 Å². The number of furan rings is 2. The zero-order valence-corrected chi connectivity index (χ0v) is 12.7. The first-order valence-corrected chi connectivity index (χ1v) is 7.66. The Labute approximate surface area is 129 Å². The average molecular weight is 300 g/mol. The van der Waals surface area contributed by atoms with Gasteiger partial charge in [0.1, 0.15) is 17.1 Å². The molecule has 0 spiro atoms. The zero-order chi connectivity index (χ0) is 15.4. The maximum atomic E-state index is 8.80. The van der Waals surface area contributed by atoms with Crippen molar-refractivity contribution in [3.8, 4) is 17.3 Å². The number of unbranched alkanes of at least 4 members (excludes halogenated alkanes) is 2. The lowest BCUT2D eigenvalue weighted by Crippen LogP contribution is -1.93. The lowest BCUT2D eigenvalue weighted by atomic mass is 10.2. The summed E-state index contributed by atoms with van der Waals surface area (Å²) in [5.74, 6) is 3.02. The number of rotatable bonds is 7. The SMILES string of the molecule is CCCCCc1ccc(-c2cc3ccc(OCO)cc3o2)o1. The molecule has 0 aliphatic heterocycles. The van der Waals surface area contributed by atoms with Crippen LogP contribution in [0.5, 0.6) is 5.75 Å². The minimum absolute atomic E-state index is 0.349. The summed E-state index contributed by atoms with van der Waals surface area (Å²) >= 11 is 0. The van der Waals surface area contributed by atoms with E-state index in [1.54, 1.807) is 12.1 Å². The molecule has 0 saturated heterocycles. The van der Waals surface area contributed by atoms with E-state index in [9.17, 15) is 0 Å². The second-order valence-corrected chi connectivity index (χ2v) is 5.31. The molecule has 0 aliphatic rings. The van der Waals surface area contributed by atoms with Gasteiger partial charge in [0.05, 0.1) is 0 Å². The lowest BCUT2D eigenvalue weighted by molar-refractivity contribution is 0.0986. The predicted octanol–water partition coefficient (Wildman–Crippen LogP) is 4.75. The molecule has 1 N–H and O–H groups in total. The van der Waals surface area contributed by atoms with E-state index in [0.29, 0.717) is 17.1 Å². The van der Waals surface area contributed by atoms with E-state index in [-0.39, 0.29) is 6.79 Å². The summed E-state index contributed by atoms with van der Waals surface area (Å²) in [6, 6.07) is 11.4. The largest absolute Gasteiger partial charge is 0.468 e. The Morgan fingerprint density at radius 2 is 1.91 bits per heavy atom. The Hall–Kier alpha value is -2.20. The molecule has 2 aromatic heterocycles. The van der Waals surface area contributed by atoms with Crippen LogP contribution in [-0.4, -0.2) is 11.9 Å². The van der Waals surface area contributed by atoms with Crippen LogP contribution in [0.2, 0.25) is 0 Å². The third kappa shape index (κ3) is 3.17. The molecule has 0 bridgehead atoms. The number of benzene rings is 1. The smallest absolute Gasteiger partial charge is 0.186 e. The Morgan fingerprint density at radius 3 is 2.73 bits per heavy atom. The quantitative estimate of drug-likeness (QED) is 0.505. The van der Waals surface area contributed by atoms with E-state index < -0.39 is 0 Å². The van der Waals surface area contributed by atoms with Crippen molar-refractivity contribution in [1.82, 2.24) is 0 Å². The van der Waals surface area contributed by atoms with Crippen LogP contribution in [0, 0.1) is 0 Å². The summed E-state index contributed by atoms with van der Waals surface area (Å²) in [7, 11) is 0. The second kappa shape index (κ2) is 6.71. The van der Waals surface area contributed by atoms with Gasteiger partial charge in [-0.05, 0) is 36.8 Å². The summed E-state index contributed by atoms with van der Waals surface area (Å²) in [6.07, 6.45) is 4.53. The molecule has 0 radical (unpaired) electrons. The molecule has 3 rings (SSSR count). The van der Waals surface area contributed by atoms with Crippen LogP contribution in [-0.2, 0) is 6.42 Å². The highest BCUT2D eigenvalue weighted by Gasteiger charge is 2.11. The van der Waals surface area contributed by atoms with Crippen LogP contribution in [0.25, 0.3) is 22.5 Å². The molecule has 0 unspecified atom stereocenters. The fourth-order valence-electron chi connectivity index (χ4n) is 2.49. The van der Waals surface area contributed by atoms with E-state index in [2.05, 4.69) is 6.92 Å². The van der Waals surface area contributed by atoms with E-state index >= 15 is 0 Å². The number of hydrogen-bond acceptors (Lipinski definition) is 4. The van der Waals surface area contributed by atoms with Crippen molar-refractivity contribution < 1.29 is 18.7 Å². The lowest BCUT2D eigenvalue weighted by Gasteiger charge is -2.00. The van der Waals surface area contributed by atoms with Crippen LogP contribution in [0.3, 0.4) is 0 Å². The molecular weight excluding hydrogens is 280 g/mol. The summed E-state index contributed by atoms with van der Waals surface area (Å²) in [5, 5.41) is 9.77. The molecule has 0 atom stereocenters. The number of aryl methyl sites for hydroxylation is 1. The summed E-state index contributed by atoms with van der Waals surface area (Å²) in [5.41, 5.74) is 0.713. The van der Waals surface area contributed by atoms with E-state index in [0.717, 1.165) is 29.7 Å². The van der Waals surface area contributed by atoms with Crippen molar-refractivity contribution in [3.63, 3.8) is 0 Å². The van der Waals surface area contributed by atoms with Gasteiger partial charge in [0.25, 0.3) is 0 Å². The van der Waals surface area contributed by atoms with Crippen molar-refractivity contribution in [3.05, 3.63) is 42.2 Å². The van der Waals surface area contributed by atoms with Crippen LogP contribution in [0.15, 0.2) is 45.2 Å². The standard InChI is InChI=1S/C18H20O4/c1-2-3-4-5-14-8-9-16(21-14)18-10-13-6-7-15(20-12-19)11-17(13)22-18/h6-11,19H,2-5,12H2,1H3. The van der Waals surface area contributed by atoms with Crippen LogP contribution in [0.1, 0.15) is 31.9 Å².